The summed E-state index contributed by atoms with van der Waals surface area (Å²) in [5, 5.41) is 1.02. The number of hydrazine groups is 1. The Balaban J connectivity index is 1.34. The molecule has 186 valence electrons. The number of hydrogen-bond acceptors (Lipinski definition) is 6. The average Bonchev–Trinajstić information content (AvgIpc) is 3.68. The Hall–Kier alpha value is -1.37. The molecule has 2 N–H and O–H groups in total. The van der Waals surface area contributed by atoms with Gasteiger partial charge in [-0.05, 0) is 50.9 Å². The first-order valence-electron chi connectivity index (χ1n) is 12.0. The number of amides is 3. The van der Waals surface area contributed by atoms with Crippen molar-refractivity contribution in [3.8, 4) is 0 Å². The van der Waals surface area contributed by atoms with E-state index in [1.807, 2.05) is 12.1 Å². The molecule has 3 aliphatic carbocycles. The van der Waals surface area contributed by atoms with E-state index in [1.165, 1.54) is 4.90 Å². The maximum atomic E-state index is 13.5. The maximum absolute atomic E-state index is 13.5. The molecular formula is C21H33F2N5O4S. The van der Waals surface area contributed by atoms with Crippen LogP contribution in [0.3, 0.4) is 0 Å². The van der Waals surface area contributed by atoms with Crippen molar-refractivity contribution < 1.29 is 26.8 Å². The molecule has 5 fully saturated rings. The normalized spacial score (nSPS) is 34.8. The molecule has 0 aromatic rings. The average molecular weight is 490 g/mol. The van der Waals surface area contributed by atoms with Crippen molar-refractivity contribution >= 4 is 22.0 Å². The van der Waals surface area contributed by atoms with Gasteiger partial charge in [0, 0.05) is 45.2 Å². The summed E-state index contributed by atoms with van der Waals surface area (Å²) in [6.07, 6.45) is 0.336. The second-order valence-corrected chi connectivity index (χ2v) is 12.6. The number of carbonyl (C=O) groups excluding carboxylic acids is 2. The highest BCUT2D eigenvalue weighted by atomic mass is 32.2. The van der Waals surface area contributed by atoms with Crippen molar-refractivity contribution in [3.63, 3.8) is 0 Å². The van der Waals surface area contributed by atoms with Gasteiger partial charge >= 0.3 is 6.03 Å². The number of fused-ring (bicyclic) bond motifs is 1. The smallest absolute Gasteiger partial charge is 0.320 e. The first-order valence-corrected chi connectivity index (χ1v) is 13.5. The van der Waals surface area contributed by atoms with Gasteiger partial charge in [-0.15, -0.1) is 0 Å². The molecule has 2 heterocycles. The standard InChI is InChI=1S/C21H33F2N5O4S/c1-26-10-14(9-24-26)12-28-18(29)16-8-15(33(31,32)25-21(6-7-21)19(22)23)4-5-17(16)27(20(28)30)11-13-2-3-13/h13-17,19,24-25H,2-12H2,1H3. The molecule has 0 aromatic heterocycles. The van der Waals surface area contributed by atoms with Crippen LogP contribution < -0.4 is 10.1 Å². The highest BCUT2D eigenvalue weighted by Gasteiger charge is 2.56. The van der Waals surface area contributed by atoms with E-state index in [4.69, 9.17) is 0 Å². The zero-order chi connectivity index (χ0) is 23.5. The lowest BCUT2D eigenvalue weighted by molar-refractivity contribution is -0.141. The Morgan fingerprint density at radius 3 is 2.42 bits per heavy atom. The van der Waals surface area contributed by atoms with Gasteiger partial charge in [0.05, 0.1) is 16.7 Å². The van der Waals surface area contributed by atoms with Gasteiger partial charge in [0.2, 0.25) is 15.9 Å². The zero-order valence-electron chi connectivity index (χ0n) is 18.9. The SMILES string of the molecule is CN1CC(CN2C(=O)C3CC(S(=O)(=O)NC4(C(F)F)CC4)CCC3N(CC3CC3)C2=O)CN1. The van der Waals surface area contributed by atoms with Gasteiger partial charge in [-0.2, -0.15) is 0 Å². The number of nitrogens with zero attached hydrogens (tertiary/aromatic N) is 3. The Labute approximate surface area is 193 Å². The number of nitrogens with one attached hydrogen (secondary N) is 2. The van der Waals surface area contributed by atoms with E-state index in [0.717, 1.165) is 12.8 Å². The Kier molecular flexibility index (Phi) is 5.94. The minimum absolute atomic E-state index is 0.0614. The molecule has 9 nitrogen and oxygen atoms in total. The predicted molar refractivity (Wildman–Crippen MR) is 116 cm³/mol. The summed E-state index contributed by atoms with van der Waals surface area (Å²) in [5.41, 5.74) is 1.54. The molecule has 12 heteroatoms. The monoisotopic (exact) mass is 489 g/mol. The molecule has 2 saturated heterocycles. The van der Waals surface area contributed by atoms with Crippen LogP contribution in [0.4, 0.5) is 13.6 Å². The van der Waals surface area contributed by atoms with Crippen LogP contribution in [0, 0.1) is 17.8 Å². The van der Waals surface area contributed by atoms with Crippen LogP contribution in [-0.4, -0.2) is 91.6 Å². The molecule has 3 amide bonds. The first kappa shape index (κ1) is 23.4. The number of carbonyl (C=O) groups is 2. The second kappa shape index (κ2) is 8.39. The Morgan fingerprint density at radius 1 is 1.12 bits per heavy atom. The Morgan fingerprint density at radius 2 is 1.85 bits per heavy atom. The van der Waals surface area contributed by atoms with Crippen LogP contribution in [0.5, 0.6) is 0 Å². The minimum Gasteiger partial charge on any atom is -0.320 e. The Bertz CT molecular complexity index is 910. The summed E-state index contributed by atoms with van der Waals surface area (Å²) in [5.74, 6) is -0.396. The van der Waals surface area contributed by atoms with Gasteiger partial charge < -0.3 is 4.90 Å². The topological polar surface area (TPSA) is 102 Å². The van der Waals surface area contributed by atoms with Gasteiger partial charge in [-0.3, -0.25) is 15.1 Å². The lowest BCUT2D eigenvalue weighted by Crippen LogP contribution is -2.65. The van der Waals surface area contributed by atoms with Crippen LogP contribution in [0.15, 0.2) is 0 Å². The summed E-state index contributed by atoms with van der Waals surface area (Å²) in [7, 11) is -2.10. The number of sulfonamides is 1. The third kappa shape index (κ3) is 4.51. The van der Waals surface area contributed by atoms with Crippen LogP contribution in [-0.2, 0) is 14.8 Å². The maximum Gasteiger partial charge on any atom is 0.326 e. The van der Waals surface area contributed by atoms with Crippen molar-refractivity contribution in [2.24, 2.45) is 17.8 Å². The van der Waals surface area contributed by atoms with Crippen molar-refractivity contribution in [1.29, 1.82) is 0 Å². The summed E-state index contributed by atoms with van der Waals surface area (Å²) in [6.45, 7) is 2.27. The quantitative estimate of drug-likeness (QED) is 0.527. The lowest BCUT2D eigenvalue weighted by Gasteiger charge is -2.48. The number of rotatable bonds is 8. The molecule has 33 heavy (non-hydrogen) atoms. The second-order valence-electron chi connectivity index (χ2n) is 10.6. The number of alkyl halides is 2. The molecule has 2 aliphatic heterocycles. The van der Waals surface area contributed by atoms with E-state index >= 15 is 0 Å². The highest BCUT2D eigenvalue weighted by Crippen LogP contribution is 2.44. The molecule has 4 atom stereocenters. The highest BCUT2D eigenvalue weighted by molar-refractivity contribution is 7.90. The first-order chi connectivity index (χ1) is 15.6. The van der Waals surface area contributed by atoms with Crippen LogP contribution in [0.2, 0.25) is 0 Å². The van der Waals surface area contributed by atoms with Gasteiger partial charge in [-0.25, -0.2) is 31.7 Å². The largest absolute Gasteiger partial charge is 0.326 e. The van der Waals surface area contributed by atoms with Gasteiger partial charge in [0.1, 0.15) is 0 Å². The van der Waals surface area contributed by atoms with Gasteiger partial charge in [0.25, 0.3) is 6.43 Å². The minimum atomic E-state index is -4.01. The van der Waals surface area contributed by atoms with Crippen molar-refractivity contribution in [3.05, 3.63) is 0 Å². The van der Waals surface area contributed by atoms with E-state index in [-0.39, 0.29) is 49.6 Å². The van der Waals surface area contributed by atoms with E-state index < -0.39 is 33.2 Å². The number of imide groups is 1. The summed E-state index contributed by atoms with van der Waals surface area (Å²) in [4.78, 5) is 29.9. The molecule has 0 spiro atoms. The molecule has 0 aromatic carbocycles. The van der Waals surface area contributed by atoms with Crippen molar-refractivity contribution in [2.45, 2.75) is 68.2 Å². The molecular weight excluding hydrogens is 456 g/mol. The lowest BCUT2D eigenvalue weighted by atomic mass is 9.80. The van der Waals surface area contributed by atoms with E-state index in [1.54, 1.807) is 4.90 Å². The van der Waals surface area contributed by atoms with E-state index in [2.05, 4.69) is 10.1 Å². The van der Waals surface area contributed by atoms with E-state index in [9.17, 15) is 26.8 Å². The van der Waals surface area contributed by atoms with E-state index in [0.29, 0.717) is 38.5 Å². The summed E-state index contributed by atoms with van der Waals surface area (Å²) < 4.78 is 55.0. The summed E-state index contributed by atoms with van der Waals surface area (Å²) in [6, 6.07) is -0.584. The molecule has 4 unspecified atom stereocenters. The van der Waals surface area contributed by atoms with Gasteiger partial charge in [-0.1, -0.05) is 0 Å². The fourth-order valence-electron chi connectivity index (χ4n) is 5.64. The molecule has 5 rings (SSSR count). The number of halogens is 2. The zero-order valence-corrected chi connectivity index (χ0v) is 19.7. The van der Waals surface area contributed by atoms with Crippen molar-refractivity contribution in [1.82, 2.24) is 25.0 Å². The molecule has 3 saturated carbocycles. The fourth-order valence-corrected chi connectivity index (χ4v) is 7.57. The third-order valence-electron chi connectivity index (χ3n) is 7.99. The van der Waals surface area contributed by atoms with Crippen LogP contribution in [0.25, 0.3) is 0 Å². The molecule has 0 radical (unpaired) electrons. The number of hydrogen-bond donors (Lipinski definition) is 2. The predicted octanol–water partition coefficient (Wildman–Crippen LogP) is 0.981. The van der Waals surface area contributed by atoms with Crippen molar-refractivity contribution in [2.75, 3.05) is 33.2 Å². The summed E-state index contributed by atoms with van der Waals surface area (Å²) >= 11 is 0. The fraction of sp³-hybridized carbons (Fsp3) is 0.905. The molecule has 5 aliphatic rings. The van der Waals surface area contributed by atoms with Gasteiger partial charge in [0.15, 0.2) is 0 Å². The third-order valence-corrected chi connectivity index (χ3v) is 9.99. The van der Waals surface area contributed by atoms with Crippen LogP contribution >= 0.6 is 0 Å². The molecule has 0 bridgehead atoms. The van der Waals surface area contributed by atoms with Crippen LogP contribution in [0.1, 0.15) is 44.9 Å². The number of urea groups is 1.